The van der Waals surface area contributed by atoms with Crippen molar-refractivity contribution < 1.29 is 14.2 Å². The Morgan fingerprint density at radius 2 is 2.12 bits per heavy atom. The smallest absolute Gasteiger partial charge is 0.123 e. The van der Waals surface area contributed by atoms with Gasteiger partial charge in [0, 0.05) is 11.6 Å². The molecule has 1 aromatic carbocycles. The molecule has 0 bridgehead atoms. The molecule has 4 rings (SSSR count). The minimum atomic E-state index is -0.506. The Labute approximate surface area is 152 Å². The fraction of sp³-hybridized carbons (Fsp3) is 0.579. The average Bonchev–Trinajstić information content (AvgIpc) is 3.25. The Kier molecular flexibility index (Phi) is 5.28. The van der Waals surface area contributed by atoms with E-state index < -0.39 is 6.10 Å². The van der Waals surface area contributed by atoms with E-state index in [1.165, 1.54) is 31.4 Å². The van der Waals surface area contributed by atoms with Gasteiger partial charge in [0.1, 0.15) is 11.5 Å². The van der Waals surface area contributed by atoms with Crippen molar-refractivity contribution in [2.24, 2.45) is 0 Å². The molecular formula is C19H25FN4O2. The first-order chi connectivity index (χ1) is 12.7. The third kappa shape index (κ3) is 3.95. The first-order valence-corrected chi connectivity index (χ1v) is 9.41. The molecule has 6 nitrogen and oxygen atoms in total. The molecule has 0 unspecified atom stereocenters. The number of ether oxygens (including phenoxy) is 1. The van der Waals surface area contributed by atoms with Gasteiger partial charge in [0.05, 0.1) is 37.6 Å². The normalized spacial score (nSPS) is 27.1. The molecule has 2 fully saturated rings. The van der Waals surface area contributed by atoms with Crippen molar-refractivity contribution in [3.8, 4) is 11.3 Å². The summed E-state index contributed by atoms with van der Waals surface area (Å²) in [5.74, 6) is -0.295. The zero-order valence-corrected chi connectivity index (χ0v) is 14.7. The van der Waals surface area contributed by atoms with Crippen LogP contribution in [0.3, 0.4) is 0 Å². The zero-order valence-electron chi connectivity index (χ0n) is 14.7. The predicted octanol–water partition coefficient (Wildman–Crippen LogP) is 2.13. The van der Waals surface area contributed by atoms with Crippen molar-refractivity contribution in [2.75, 3.05) is 6.61 Å². The van der Waals surface area contributed by atoms with Crippen LogP contribution < -0.4 is 5.32 Å². The Morgan fingerprint density at radius 1 is 1.27 bits per heavy atom. The summed E-state index contributed by atoms with van der Waals surface area (Å²) in [6.07, 6.45) is 7.22. The van der Waals surface area contributed by atoms with Crippen molar-refractivity contribution in [2.45, 2.75) is 62.9 Å². The van der Waals surface area contributed by atoms with E-state index in [2.05, 4.69) is 15.6 Å². The van der Waals surface area contributed by atoms with Crippen LogP contribution in [0.25, 0.3) is 11.3 Å². The lowest BCUT2D eigenvalue weighted by molar-refractivity contribution is 0.0729. The molecule has 7 heteroatoms. The van der Waals surface area contributed by atoms with Crippen molar-refractivity contribution in [1.29, 1.82) is 0 Å². The second-order valence-electron chi connectivity index (χ2n) is 7.30. The minimum absolute atomic E-state index is 0.0973. The van der Waals surface area contributed by atoms with Crippen molar-refractivity contribution >= 4 is 0 Å². The number of nitrogens with zero attached hydrogens (tertiary/aromatic N) is 3. The van der Waals surface area contributed by atoms with Gasteiger partial charge in [0.25, 0.3) is 0 Å². The summed E-state index contributed by atoms with van der Waals surface area (Å²) in [4.78, 5) is 0. The Balaban J connectivity index is 1.42. The summed E-state index contributed by atoms with van der Waals surface area (Å²) in [5.41, 5.74) is 1.32. The second-order valence-corrected chi connectivity index (χ2v) is 7.30. The monoisotopic (exact) mass is 360 g/mol. The Hall–Kier alpha value is -1.83. The van der Waals surface area contributed by atoms with Crippen LogP contribution in [0.1, 0.15) is 32.1 Å². The molecule has 2 N–H and O–H groups in total. The molecule has 2 aromatic rings. The van der Waals surface area contributed by atoms with Gasteiger partial charge in [-0.1, -0.05) is 36.6 Å². The lowest BCUT2D eigenvalue weighted by Crippen LogP contribution is -2.50. The molecule has 0 amide bonds. The van der Waals surface area contributed by atoms with Gasteiger partial charge in [-0.25, -0.2) is 9.07 Å². The van der Waals surface area contributed by atoms with Crippen LogP contribution in [0, 0.1) is 5.82 Å². The van der Waals surface area contributed by atoms with Gasteiger partial charge in [-0.3, -0.25) is 0 Å². The fourth-order valence-electron chi connectivity index (χ4n) is 3.96. The fourth-order valence-corrected chi connectivity index (χ4v) is 3.96. The number of halogens is 1. The van der Waals surface area contributed by atoms with Gasteiger partial charge in [-0.05, 0) is 25.0 Å². The highest BCUT2D eigenvalue weighted by Crippen LogP contribution is 2.23. The van der Waals surface area contributed by atoms with Crippen LogP contribution in [0.15, 0.2) is 30.5 Å². The van der Waals surface area contributed by atoms with Gasteiger partial charge in [0.2, 0.25) is 0 Å². The predicted molar refractivity (Wildman–Crippen MR) is 95.0 cm³/mol. The number of aromatic nitrogens is 3. The number of aliphatic hydroxyl groups is 1. The highest BCUT2D eigenvalue weighted by atomic mass is 19.1. The van der Waals surface area contributed by atoms with E-state index >= 15 is 0 Å². The van der Waals surface area contributed by atoms with E-state index in [1.54, 1.807) is 23.0 Å². The molecule has 26 heavy (non-hydrogen) atoms. The van der Waals surface area contributed by atoms with E-state index in [0.29, 0.717) is 30.5 Å². The van der Waals surface area contributed by atoms with Crippen LogP contribution in [-0.4, -0.2) is 51.0 Å². The van der Waals surface area contributed by atoms with Gasteiger partial charge in [-0.2, -0.15) is 0 Å². The molecule has 1 aliphatic heterocycles. The lowest BCUT2D eigenvalue weighted by Gasteiger charge is -2.30. The van der Waals surface area contributed by atoms with E-state index in [9.17, 15) is 9.50 Å². The van der Waals surface area contributed by atoms with E-state index in [4.69, 9.17) is 4.74 Å². The molecule has 0 spiro atoms. The van der Waals surface area contributed by atoms with Crippen LogP contribution >= 0.6 is 0 Å². The number of hydrogen-bond acceptors (Lipinski definition) is 5. The zero-order chi connectivity index (χ0) is 17.9. The third-order valence-corrected chi connectivity index (χ3v) is 5.36. The number of nitrogens with one attached hydrogen (secondary N) is 1. The molecule has 2 aliphatic rings. The van der Waals surface area contributed by atoms with Gasteiger partial charge in [0.15, 0.2) is 0 Å². The topological polar surface area (TPSA) is 72.2 Å². The molecule has 0 radical (unpaired) electrons. The van der Waals surface area contributed by atoms with E-state index in [1.807, 2.05) is 0 Å². The SMILES string of the molecule is O[C@H]1CO[C@H](Cn2cc(-c3cccc(F)c3)nn2)[C@@H]1NC1CCCCC1. The molecule has 1 aromatic heterocycles. The maximum Gasteiger partial charge on any atom is 0.123 e. The van der Waals surface area contributed by atoms with E-state index in [0.717, 1.165) is 12.8 Å². The highest BCUT2D eigenvalue weighted by molar-refractivity contribution is 5.57. The summed E-state index contributed by atoms with van der Waals surface area (Å²) in [6, 6.07) is 6.66. The second kappa shape index (κ2) is 7.82. The average molecular weight is 360 g/mol. The summed E-state index contributed by atoms with van der Waals surface area (Å²) >= 11 is 0. The first-order valence-electron chi connectivity index (χ1n) is 9.41. The van der Waals surface area contributed by atoms with Crippen molar-refractivity contribution in [3.05, 3.63) is 36.3 Å². The Bertz CT molecular complexity index is 732. The van der Waals surface area contributed by atoms with Crippen molar-refractivity contribution in [3.63, 3.8) is 0 Å². The minimum Gasteiger partial charge on any atom is -0.389 e. The molecule has 3 atom stereocenters. The molecular weight excluding hydrogens is 335 g/mol. The standard InChI is InChI=1S/C19H25FN4O2/c20-14-6-4-5-13(9-14)16-10-24(23-22-16)11-18-19(17(25)12-26-18)21-15-7-2-1-3-8-15/h4-6,9-10,15,17-19,21,25H,1-3,7-8,11-12H2/t17-,18+,19+/m0/s1. The van der Waals surface area contributed by atoms with Crippen molar-refractivity contribution in [1.82, 2.24) is 20.3 Å². The summed E-state index contributed by atoms with van der Waals surface area (Å²) < 4.78 is 20.9. The molecule has 1 aliphatic carbocycles. The van der Waals surface area contributed by atoms with Gasteiger partial charge in [-0.15, -0.1) is 5.10 Å². The van der Waals surface area contributed by atoms with Crippen LogP contribution in [0.2, 0.25) is 0 Å². The number of hydrogen-bond donors (Lipinski definition) is 2. The van der Waals surface area contributed by atoms with Gasteiger partial charge >= 0.3 is 0 Å². The lowest BCUT2D eigenvalue weighted by atomic mass is 9.94. The number of benzene rings is 1. The van der Waals surface area contributed by atoms with E-state index in [-0.39, 0.29) is 18.0 Å². The quantitative estimate of drug-likeness (QED) is 0.855. The van der Waals surface area contributed by atoms with Crippen LogP contribution in [0.4, 0.5) is 4.39 Å². The Morgan fingerprint density at radius 3 is 2.92 bits per heavy atom. The highest BCUT2D eigenvalue weighted by Gasteiger charge is 2.37. The molecule has 2 heterocycles. The molecule has 1 saturated carbocycles. The largest absolute Gasteiger partial charge is 0.389 e. The molecule has 1 saturated heterocycles. The van der Waals surface area contributed by atoms with Crippen LogP contribution in [0.5, 0.6) is 0 Å². The number of aliphatic hydroxyl groups excluding tert-OH is 1. The number of rotatable bonds is 5. The van der Waals surface area contributed by atoms with Gasteiger partial charge < -0.3 is 15.2 Å². The summed E-state index contributed by atoms with van der Waals surface area (Å²) in [6.45, 7) is 0.838. The third-order valence-electron chi connectivity index (χ3n) is 5.36. The maximum absolute atomic E-state index is 13.4. The summed E-state index contributed by atoms with van der Waals surface area (Å²) in [7, 11) is 0. The maximum atomic E-state index is 13.4. The summed E-state index contributed by atoms with van der Waals surface area (Å²) in [5, 5.41) is 22.2. The molecule has 140 valence electrons. The first kappa shape index (κ1) is 17.6. The van der Waals surface area contributed by atoms with Crippen LogP contribution in [-0.2, 0) is 11.3 Å².